The smallest absolute Gasteiger partial charge is 0.0725 e. The molecule has 4 rings (SSSR count). The molecule has 2 aliphatic carbocycles. The average Bonchev–Trinajstić information content (AvgIpc) is 2.82. The molecule has 0 spiro atoms. The van der Waals surface area contributed by atoms with Crippen molar-refractivity contribution >= 4 is 11.6 Å². The third-order valence-corrected chi connectivity index (χ3v) is 5.37. The van der Waals surface area contributed by atoms with Gasteiger partial charge in [-0.25, -0.2) is 0 Å². The van der Waals surface area contributed by atoms with Crippen LogP contribution in [-0.2, 0) is 18.0 Å². The SMILES string of the molecule is ClC(c1ccc2c(c1)COC2)C1CC2CC2C1. The number of hydrogen-bond donors (Lipinski definition) is 0. The maximum atomic E-state index is 6.66. The number of alkyl halides is 1. The Bertz CT molecular complexity index is 446. The van der Waals surface area contributed by atoms with Gasteiger partial charge in [0.2, 0.25) is 0 Å². The van der Waals surface area contributed by atoms with Crippen molar-refractivity contribution in [2.24, 2.45) is 17.8 Å². The minimum absolute atomic E-state index is 0.216. The molecule has 3 atom stereocenters. The average molecular weight is 249 g/mol. The van der Waals surface area contributed by atoms with Crippen LogP contribution in [0.4, 0.5) is 0 Å². The summed E-state index contributed by atoms with van der Waals surface area (Å²) in [5, 5.41) is 0.216. The van der Waals surface area contributed by atoms with Crippen molar-refractivity contribution in [2.45, 2.75) is 37.9 Å². The van der Waals surface area contributed by atoms with Crippen molar-refractivity contribution < 1.29 is 4.74 Å². The molecule has 3 unspecified atom stereocenters. The highest BCUT2D eigenvalue weighted by Gasteiger charge is 2.47. The zero-order valence-electron chi connectivity index (χ0n) is 9.86. The number of fused-ring (bicyclic) bond motifs is 2. The first kappa shape index (κ1) is 10.4. The highest BCUT2D eigenvalue weighted by molar-refractivity contribution is 6.21. The standard InChI is InChI=1S/C15H17ClO/c16-15(13-5-11-4-12(11)6-13)9-1-2-10-7-17-8-14(10)3-9/h1-3,11-13,15H,4-8H2. The van der Waals surface area contributed by atoms with E-state index in [2.05, 4.69) is 18.2 Å². The van der Waals surface area contributed by atoms with Gasteiger partial charge in [0, 0.05) is 0 Å². The summed E-state index contributed by atoms with van der Waals surface area (Å²) < 4.78 is 5.46. The Morgan fingerprint density at radius 2 is 1.82 bits per heavy atom. The van der Waals surface area contributed by atoms with Crippen LogP contribution >= 0.6 is 11.6 Å². The fraction of sp³-hybridized carbons (Fsp3) is 0.600. The number of halogens is 1. The summed E-state index contributed by atoms with van der Waals surface area (Å²) in [5.41, 5.74) is 3.99. The lowest BCUT2D eigenvalue weighted by Gasteiger charge is -2.19. The Kier molecular flexibility index (Phi) is 2.28. The van der Waals surface area contributed by atoms with Gasteiger partial charge in [-0.15, -0.1) is 11.6 Å². The largest absolute Gasteiger partial charge is 0.372 e. The Morgan fingerprint density at radius 3 is 2.65 bits per heavy atom. The van der Waals surface area contributed by atoms with Crippen LogP contribution in [0.5, 0.6) is 0 Å². The van der Waals surface area contributed by atoms with Crippen LogP contribution in [0, 0.1) is 17.8 Å². The molecular formula is C15H17ClO. The predicted molar refractivity (Wildman–Crippen MR) is 67.9 cm³/mol. The first-order valence-electron chi connectivity index (χ1n) is 6.65. The van der Waals surface area contributed by atoms with Crippen LogP contribution < -0.4 is 0 Å². The van der Waals surface area contributed by atoms with E-state index in [-0.39, 0.29) is 5.38 Å². The Labute approximate surface area is 107 Å². The molecule has 0 bridgehead atoms. The summed E-state index contributed by atoms with van der Waals surface area (Å²) >= 11 is 6.66. The van der Waals surface area contributed by atoms with Gasteiger partial charge in [0.25, 0.3) is 0 Å². The topological polar surface area (TPSA) is 9.23 Å². The summed E-state index contributed by atoms with van der Waals surface area (Å²) in [6, 6.07) is 6.67. The van der Waals surface area contributed by atoms with Crippen LogP contribution in [0.3, 0.4) is 0 Å². The molecule has 2 fully saturated rings. The molecule has 2 saturated carbocycles. The zero-order chi connectivity index (χ0) is 11.4. The van der Waals surface area contributed by atoms with Gasteiger partial charge in [-0.3, -0.25) is 0 Å². The maximum Gasteiger partial charge on any atom is 0.0725 e. The molecule has 1 nitrogen and oxygen atoms in total. The molecule has 2 heteroatoms. The minimum Gasteiger partial charge on any atom is -0.372 e. The molecule has 1 aromatic carbocycles. The lowest BCUT2D eigenvalue weighted by Crippen LogP contribution is -2.06. The number of ether oxygens (including phenoxy) is 1. The van der Waals surface area contributed by atoms with Crippen LogP contribution in [0.15, 0.2) is 18.2 Å². The van der Waals surface area contributed by atoms with Crippen LogP contribution in [0.1, 0.15) is 41.3 Å². The second-order valence-corrected chi connectivity index (χ2v) is 6.38. The lowest BCUT2D eigenvalue weighted by atomic mass is 9.92. The summed E-state index contributed by atoms with van der Waals surface area (Å²) in [6.45, 7) is 1.54. The molecular weight excluding hydrogens is 232 g/mol. The van der Waals surface area contributed by atoms with Gasteiger partial charge in [-0.2, -0.15) is 0 Å². The highest BCUT2D eigenvalue weighted by Crippen LogP contribution is 2.58. The molecule has 0 saturated heterocycles. The van der Waals surface area contributed by atoms with E-state index in [4.69, 9.17) is 16.3 Å². The Hall–Kier alpha value is -0.530. The van der Waals surface area contributed by atoms with Crippen LogP contribution in [-0.4, -0.2) is 0 Å². The van der Waals surface area contributed by atoms with E-state index in [0.29, 0.717) is 5.92 Å². The second kappa shape index (κ2) is 3.73. The zero-order valence-corrected chi connectivity index (χ0v) is 10.6. The number of hydrogen-bond acceptors (Lipinski definition) is 1. The van der Waals surface area contributed by atoms with Crippen molar-refractivity contribution in [2.75, 3.05) is 0 Å². The first-order chi connectivity index (χ1) is 8.31. The lowest BCUT2D eigenvalue weighted by molar-refractivity contribution is 0.134. The van der Waals surface area contributed by atoms with Crippen molar-refractivity contribution in [3.8, 4) is 0 Å². The molecule has 1 heterocycles. The summed E-state index contributed by atoms with van der Waals surface area (Å²) in [4.78, 5) is 0. The van der Waals surface area contributed by atoms with Gasteiger partial charge in [-0.1, -0.05) is 18.2 Å². The van der Waals surface area contributed by atoms with E-state index in [0.717, 1.165) is 25.0 Å². The van der Waals surface area contributed by atoms with Gasteiger partial charge in [0.15, 0.2) is 0 Å². The third-order valence-electron chi connectivity index (χ3n) is 4.76. The second-order valence-electron chi connectivity index (χ2n) is 5.91. The molecule has 3 aliphatic rings. The van der Waals surface area contributed by atoms with Gasteiger partial charge in [-0.05, 0) is 53.7 Å². The number of rotatable bonds is 2. The Morgan fingerprint density at radius 1 is 1.06 bits per heavy atom. The first-order valence-corrected chi connectivity index (χ1v) is 7.08. The fourth-order valence-corrected chi connectivity index (χ4v) is 3.98. The van der Waals surface area contributed by atoms with E-state index in [1.165, 1.54) is 36.0 Å². The highest BCUT2D eigenvalue weighted by atomic mass is 35.5. The quantitative estimate of drug-likeness (QED) is 0.718. The monoisotopic (exact) mass is 248 g/mol. The summed E-state index contributed by atoms with van der Waals surface area (Å²) in [5.74, 6) is 2.74. The molecule has 17 heavy (non-hydrogen) atoms. The number of benzene rings is 1. The molecule has 0 radical (unpaired) electrons. The molecule has 0 N–H and O–H groups in total. The molecule has 90 valence electrons. The van der Waals surface area contributed by atoms with Crippen molar-refractivity contribution in [1.29, 1.82) is 0 Å². The fourth-order valence-electron chi connectivity index (χ4n) is 3.64. The van der Waals surface area contributed by atoms with Gasteiger partial charge in [0.05, 0.1) is 18.6 Å². The Balaban J connectivity index is 1.57. The van der Waals surface area contributed by atoms with Crippen molar-refractivity contribution in [3.63, 3.8) is 0 Å². The normalized spacial score (nSPS) is 35.5. The molecule has 1 aromatic rings. The minimum atomic E-state index is 0.216. The van der Waals surface area contributed by atoms with E-state index >= 15 is 0 Å². The van der Waals surface area contributed by atoms with Crippen molar-refractivity contribution in [1.82, 2.24) is 0 Å². The van der Waals surface area contributed by atoms with Gasteiger partial charge in [0.1, 0.15) is 0 Å². The summed E-state index contributed by atoms with van der Waals surface area (Å²) in [6.07, 6.45) is 4.18. The van der Waals surface area contributed by atoms with E-state index in [1.807, 2.05) is 0 Å². The molecule has 1 aliphatic heterocycles. The predicted octanol–water partition coefficient (Wildman–Crippen LogP) is 4.04. The maximum absolute atomic E-state index is 6.66. The van der Waals surface area contributed by atoms with E-state index in [1.54, 1.807) is 0 Å². The van der Waals surface area contributed by atoms with Crippen LogP contribution in [0.25, 0.3) is 0 Å². The summed E-state index contributed by atoms with van der Waals surface area (Å²) in [7, 11) is 0. The van der Waals surface area contributed by atoms with Gasteiger partial charge >= 0.3 is 0 Å². The van der Waals surface area contributed by atoms with Gasteiger partial charge < -0.3 is 4.74 Å². The van der Waals surface area contributed by atoms with Crippen molar-refractivity contribution in [3.05, 3.63) is 34.9 Å². The third kappa shape index (κ3) is 1.71. The molecule has 0 amide bonds. The molecule has 0 aromatic heterocycles. The van der Waals surface area contributed by atoms with E-state index in [9.17, 15) is 0 Å². The van der Waals surface area contributed by atoms with E-state index < -0.39 is 0 Å². The van der Waals surface area contributed by atoms with Crippen LogP contribution in [0.2, 0.25) is 0 Å².